The van der Waals surface area contributed by atoms with Gasteiger partial charge in [-0.15, -0.1) is 11.8 Å². The normalized spacial score (nSPS) is 14.2. The first-order valence-corrected chi connectivity index (χ1v) is 7.06. The van der Waals surface area contributed by atoms with Crippen molar-refractivity contribution in [3.05, 3.63) is 23.8 Å². The van der Waals surface area contributed by atoms with E-state index < -0.39 is 0 Å². The molecule has 0 saturated carbocycles. The minimum absolute atomic E-state index is 0.0691. The summed E-state index contributed by atoms with van der Waals surface area (Å²) in [4.78, 5) is 12.4. The summed E-state index contributed by atoms with van der Waals surface area (Å²) < 4.78 is 5.58. The van der Waals surface area contributed by atoms with E-state index in [9.17, 15) is 4.79 Å². The zero-order valence-electron chi connectivity index (χ0n) is 10.5. The number of rotatable bonds is 6. The second-order valence-electron chi connectivity index (χ2n) is 4.18. The van der Waals surface area contributed by atoms with E-state index in [0.717, 1.165) is 35.7 Å². The van der Waals surface area contributed by atoms with Crippen molar-refractivity contribution in [2.45, 2.75) is 17.9 Å². The molecular formula is C13H18N2O2S. The highest BCUT2D eigenvalue weighted by Gasteiger charge is 2.15. The highest BCUT2D eigenvalue weighted by molar-refractivity contribution is 8.00. The van der Waals surface area contributed by atoms with E-state index in [-0.39, 0.29) is 5.91 Å². The Morgan fingerprint density at radius 3 is 3.22 bits per heavy atom. The summed E-state index contributed by atoms with van der Waals surface area (Å²) in [6.07, 6.45) is 1.01. The van der Waals surface area contributed by atoms with E-state index in [2.05, 4.69) is 16.7 Å². The number of anilines is 1. The lowest BCUT2D eigenvalue weighted by Crippen LogP contribution is -2.18. The van der Waals surface area contributed by atoms with Crippen LogP contribution in [0.25, 0.3) is 0 Å². The molecule has 0 unspecified atom stereocenters. The summed E-state index contributed by atoms with van der Waals surface area (Å²) in [5.41, 5.74) is 2.01. The monoisotopic (exact) mass is 266 g/mol. The molecule has 0 radical (unpaired) electrons. The Balaban J connectivity index is 1.86. The summed E-state index contributed by atoms with van der Waals surface area (Å²) in [6, 6.07) is 6.10. The standard InChI is InChI=1S/C13H18N2O2S/c1-14-5-2-6-17-8-10-3-4-12-11(7-10)15-13(16)9-18-12/h3-4,7,14H,2,5-6,8-9H2,1H3,(H,15,16). The lowest BCUT2D eigenvalue weighted by atomic mass is 10.2. The Kier molecular flexibility index (Phi) is 5.04. The van der Waals surface area contributed by atoms with Gasteiger partial charge in [0.15, 0.2) is 0 Å². The predicted molar refractivity (Wildman–Crippen MR) is 74.0 cm³/mol. The minimum Gasteiger partial charge on any atom is -0.377 e. The third-order valence-electron chi connectivity index (χ3n) is 2.66. The number of carbonyl (C=O) groups is 1. The summed E-state index contributed by atoms with van der Waals surface area (Å²) in [5.74, 6) is 0.576. The number of hydrogen-bond acceptors (Lipinski definition) is 4. The van der Waals surface area contributed by atoms with Gasteiger partial charge in [0.25, 0.3) is 0 Å². The van der Waals surface area contributed by atoms with Crippen molar-refractivity contribution in [2.24, 2.45) is 0 Å². The third kappa shape index (κ3) is 3.73. The maximum absolute atomic E-state index is 11.3. The van der Waals surface area contributed by atoms with Crippen LogP contribution in [0.5, 0.6) is 0 Å². The van der Waals surface area contributed by atoms with Crippen LogP contribution in [0, 0.1) is 0 Å². The topological polar surface area (TPSA) is 50.4 Å². The first-order valence-electron chi connectivity index (χ1n) is 6.07. The van der Waals surface area contributed by atoms with Crippen LogP contribution in [0.2, 0.25) is 0 Å². The van der Waals surface area contributed by atoms with Gasteiger partial charge in [0.2, 0.25) is 5.91 Å². The van der Waals surface area contributed by atoms with Gasteiger partial charge in [-0.05, 0) is 37.7 Å². The zero-order chi connectivity index (χ0) is 12.8. The average molecular weight is 266 g/mol. The average Bonchev–Trinajstić information content (AvgIpc) is 2.38. The summed E-state index contributed by atoms with van der Waals surface area (Å²) in [6.45, 7) is 2.31. The van der Waals surface area contributed by atoms with Gasteiger partial charge in [-0.3, -0.25) is 4.79 Å². The Labute approximate surface area is 111 Å². The van der Waals surface area contributed by atoms with E-state index in [0.29, 0.717) is 12.4 Å². The van der Waals surface area contributed by atoms with Crippen molar-refractivity contribution in [3.8, 4) is 0 Å². The smallest absolute Gasteiger partial charge is 0.234 e. The van der Waals surface area contributed by atoms with Gasteiger partial charge < -0.3 is 15.4 Å². The predicted octanol–water partition coefficient (Wildman–Crippen LogP) is 1.86. The van der Waals surface area contributed by atoms with Crippen LogP contribution in [0.3, 0.4) is 0 Å². The van der Waals surface area contributed by atoms with Crippen molar-refractivity contribution in [3.63, 3.8) is 0 Å². The molecule has 1 amide bonds. The Morgan fingerprint density at radius 2 is 2.39 bits per heavy atom. The molecule has 1 aliphatic heterocycles. The summed E-state index contributed by atoms with van der Waals surface area (Å²) in [5, 5.41) is 5.97. The highest BCUT2D eigenvalue weighted by atomic mass is 32.2. The maximum atomic E-state index is 11.3. The fourth-order valence-electron chi connectivity index (χ4n) is 1.76. The molecule has 0 bridgehead atoms. The molecule has 0 aromatic heterocycles. The molecule has 1 aromatic rings. The van der Waals surface area contributed by atoms with Crippen molar-refractivity contribution in [1.82, 2.24) is 5.32 Å². The van der Waals surface area contributed by atoms with E-state index >= 15 is 0 Å². The van der Waals surface area contributed by atoms with Crippen LogP contribution in [0.1, 0.15) is 12.0 Å². The van der Waals surface area contributed by atoms with Crippen LogP contribution in [0.4, 0.5) is 5.69 Å². The second kappa shape index (κ2) is 6.78. The van der Waals surface area contributed by atoms with Gasteiger partial charge in [0.05, 0.1) is 18.0 Å². The van der Waals surface area contributed by atoms with Crippen molar-refractivity contribution in [1.29, 1.82) is 0 Å². The van der Waals surface area contributed by atoms with Crippen LogP contribution in [0.15, 0.2) is 23.1 Å². The maximum Gasteiger partial charge on any atom is 0.234 e. The molecule has 5 heteroatoms. The number of amides is 1. The fourth-order valence-corrected chi connectivity index (χ4v) is 2.55. The molecule has 0 aliphatic carbocycles. The number of nitrogens with one attached hydrogen (secondary N) is 2. The summed E-state index contributed by atoms with van der Waals surface area (Å²) in [7, 11) is 1.93. The number of carbonyl (C=O) groups excluding carboxylic acids is 1. The van der Waals surface area contributed by atoms with Crippen molar-refractivity contribution in [2.75, 3.05) is 31.3 Å². The Hall–Kier alpha value is -1.04. The molecule has 1 aromatic carbocycles. The molecule has 18 heavy (non-hydrogen) atoms. The van der Waals surface area contributed by atoms with Gasteiger partial charge in [0, 0.05) is 11.5 Å². The van der Waals surface area contributed by atoms with E-state index in [1.54, 1.807) is 11.8 Å². The van der Waals surface area contributed by atoms with E-state index in [1.165, 1.54) is 0 Å². The Morgan fingerprint density at radius 1 is 1.50 bits per heavy atom. The highest BCUT2D eigenvalue weighted by Crippen LogP contribution is 2.32. The largest absolute Gasteiger partial charge is 0.377 e. The van der Waals surface area contributed by atoms with Gasteiger partial charge >= 0.3 is 0 Å². The molecule has 0 atom stereocenters. The zero-order valence-corrected chi connectivity index (χ0v) is 11.3. The van der Waals surface area contributed by atoms with Gasteiger partial charge in [-0.2, -0.15) is 0 Å². The lowest BCUT2D eigenvalue weighted by molar-refractivity contribution is -0.113. The number of benzene rings is 1. The molecule has 2 N–H and O–H groups in total. The van der Waals surface area contributed by atoms with Crippen LogP contribution < -0.4 is 10.6 Å². The fraction of sp³-hybridized carbons (Fsp3) is 0.462. The summed E-state index contributed by atoms with van der Waals surface area (Å²) >= 11 is 1.58. The minimum atomic E-state index is 0.0691. The van der Waals surface area contributed by atoms with Crippen molar-refractivity contribution < 1.29 is 9.53 Å². The van der Waals surface area contributed by atoms with Crippen LogP contribution in [-0.2, 0) is 16.1 Å². The van der Waals surface area contributed by atoms with Gasteiger partial charge in [0.1, 0.15) is 0 Å². The molecule has 1 aliphatic rings. The van der Waals surface area contributed by atoms with Gasteiger partial charge in [-0.1, -0.05) is 6.07 Å². The SMILES string of the molecule is CNCCCOCc1ccc2c(c1)NC(=O)CS2. The molecule has 0 spiro atoms. The molecule has 0 saturated heterocycles. The molecule has 1 heterocycles. The van der Waals surface area contributed by atoms with Crippen molar-refractivity contribution >= 4 is 23.4 Å². The molecular weight excluding hydrogens is 248 g/mol. The molecule has 4 nitrogen and oxygen atoms in total. The quantitative estimate of drug-likeness (QED) is 0.772. The van der Waals surface area contributed by atoms with E-state index in [1.807, 2.05) is 19.2 Å². The Bertz CT molecular complexity index is 423. The number of ether oxygens (including phenoxy) is 1. The molecule has 2 rings (SSSR count). The second-order valence-corrected chi connectivity index (χ2v) is 5.19. The van der Waals surface area contributed by atoms with Crippen LogP contribution in [-0.4, -0.2) is 31.9 Å². The third-order valence-corrected chi connectivity index (χ3v) is 3.73. The number of hydrogen-bond donors (Lipinski definition) is 2. The van der Waals surface area contributed by atoms with Crippen LogP contribution >= 0.6 is 11.8 Å². The number of fused-ring (bicyclic) bond motifs is 1. The number of thioether (sulfide) groups is 1. The van der Waals surface area contributed by atoms with Gasteiger partial charge in [-0.25, -0.2) is 0 Å². The first kappa shape index (κ1) is 13.4. The molecule has 0 fully saturated rings. The van der Waals surface area contributed by atoms with E-state index in [4.69, 9.17) is 4.74 Å². The first-order chi connectivity index (χ1) is 8.79. The lowest BCUT2D eigenvalue weighted by Gasteiger charge is -2.17. The molecule has 98 valence electrons.